The van der Waals surface area contributed by atoms with Gasteiger partial charge in [0.25, 0.3) is 0 Å². The van der Waals surface area contributed by atoms with Gasteiger partial charge in [-0.25, -0.2) is 8.42 Å². The number of carbonyl (C=O) groups excluding carboxylic acids is 1. The molecule has 0 aliphatic carbocycles. The van der Waals surface area contributed by atoms with Crippen LogP contribution in [0.4, 0.5) is 11.4 Å². The highest BCUT2D eigenvalue weighted by molar-refractivity contribution is 7.89. The summed E-state index contributed by atoms with van der Waals surface area (Å²) in [7, 11) is -3.87. The minimum Gasteiger partial charge on any atom is -0.355 e. The van der Waals surface area contributed by atoms with Gasteiger partial charge in [-0.1, -0.05) is 18.2 Å². The molecule has 0 unspecified atom stereocenters. The topological polar surface area (TPSA) is 108 Å². The van der Waals surface area contributed by atoms with Gasteiger partial charge in [-0.2, -0.15) is 4.31 Å². The highest BCUT2D eigenvalue weighted by Crippen LogP contribution is 2.38. The molecule has 0 saturated carbocycles. The molecule has 0 fully saturated rings. The van der Waals surface area contributed by atoms with Gasteiger partial charge < -0.3 is 10.3 Å². The zero-order valence-electron chi connectivity index (χ0n) is 16.9. The summed E-state index contributed by atoms with van der Waals surface area (Å²) < 4.78 is 27.4. The van der Waals surface area contributed by atoms with Crippen LogP contribution in [0.3, 0.4) is 0 Å². The molecule has 0 saturated heterocycles. The van der Waals surface area contributed by atoms with E-state index in [-0.39, 0.29) is 23.8 Å². The van der Waals surface area contributed by atoms with E-state index in [4.69, 9.17) is 0 Å². The zero-order chi connectivity index (χ0) is 22.1. The van der Waals surface area contributed by atoms with Gasteiger partial charge in [-0.3, -0.25) is 14.8 Å². The number of nitrogens with one attached hydrogen (secondary N) is 2. The molecule has 32 heavy (non-hydrogen) atoms. The quantitative estimate of drug-likeness (QED) is 0.486. The Morgan fingerprint density at radius 1 is 0.906 bits per heavy atom. The number of hydrogen-bond donors (Lipinski definition) is 2. The smallest absolute Gasteiger partial charge is 0.245 e. The molecule has 3 aromatic heterocycles. The zero-order valence-corrected chi connectivity index (χ0v) is 17.7. The third-order valence-electron chi connectivity index (χ3n) is 5.30. The van der Waals surface area contributed by atoms with E-state index in [9.17, 15) is 13.2 Å². The van der Waals surface area contributed by atoms with Crippen LogP contribution in [0.5, 0.6) is 0 Å². The lowest BCUT2D eigenvalue weighted by atomic mass is 10.0. The molecular formula is C23H19N5O3S. The lowest BCUT2D eigenvalue weighted by molar-refractivity contribution is 0.0950. The summed E-state index contributed by atoms with van der Waals surface area (Å²) in [6.45, 7) is -0.200. The molecule has 0 amide bonds. The Morgan fingerprint density at radius 2 is 1.69 bits per heavy atom. The average Bonchev–Trinajstić information content (AvgIpc) is 3.19. The molecule has 4 aromatic rings. The molecule has 9 heteroatoms. The first-order valence-electron chi connectivity index (χ1n) is 9.95. The first kappa shape index (κ1) is 20.1. The molecule has 160 valence electrons. The number of fused-ring (bicyclic) bond motifs is 1. The lowest BCUT2D eigenvalue weighted by Gasteiger charge is -2.25. The van der Waals surface area contributed by atoms with Gasteiger partial charge in [-0.05, 0) is 36.4 Å². The minimum absolute atomic E-state index is 0.0485. The predicted octanol–water partition coefficient (Wildman–Crippen LogP) is 3.60. The fourth-order valence-electron chi connectivity index (χ4n) is 3.79. The summed E-state index contributed by atoms with van der Waals surface area (Å²) >= 11 is 0. The maximum Gasteiger partial charge on any atom is 0.245 e. The number of benzene rings is 1. The van der Waals surface area contributed by atoms with Gasteiger partial charge in [0.15, 0.2) is 5.78 Å². The fourth-order valence-corrected chi connectivity index (χ4v) is 5.12. The molecule has 1 aromatic carbocycles. The van der Waals surface area contributed by atoms with Crippen molar-refractivity contribution < 1.29 is 13.2 Å². The largest absolute Gasteiger partial charge is 0.355 e. The number of ketones is 1. The van der Waals surface area contributed by atoms with E-state index in [1.807, 2.05) is 42.5 Å². The van der Waals surface area contributed by atoms with Crippen molar-refractivity contribution in [2.45, 2.75) is 11.4 Å². The lowest BCUT2D eigenvalue weighted by Crippen LogP contribution is -2.39. The second kappa shape index (κ2) is 8.03. The van der Waals surface area contributed by atoms with Crippen molar-refractivity contribution in [2.24, 2.45) is 0 Å². The van der Waals surface area contributed by atoms with Crippen molar-refractivity contribution >= 4 is 27.2 Å². The number of hydrogen-bond acceptors (Lipinski definition) is 6. The standard InChI is InChI=1S/C23H19N5O3S/c29-20-15-28(32(30,31)18-7-4-10-25-13-18)14-19-21(20)23(26-17-5-2-1-3-6-17)22(27-19)16-8-11-24-12-9-16/h1-13,26-27H,14-15H2. The number of para-hydroxylation sites is 1. The third-order valence-corrected chi connectivity index (χ3v) is 7.07. The van der Waals surface area contributed by atoms with Crippen LogP contribution < -0.4 is 5.32 Å². The predicted molar refractivity (Wildman–Crippen MR) is 120 cm³/mol. The normalized spacial score (nSPS) is 14.2. The van der Waals surface area contributed by atoms with E-state index in [1.54, 1.807) is 18.5 Å². The molecule has 4 heterocycles. The molecule has 1 aliphatic heterocycles. The maximum atomic E-state index is 13.2. The number of aromatic nitrogens is 3. The van der Waals surface area contributed by atoms with E-state index in [1.165, 1.54) is 22.8 Å². The number of Topliss-reactive ketones (excluding diaryl/α,β-unsaturated/α-hetero) is 1. The van der Waals surface area contributed by atoms with E-state index in [0.717, 1.165) is 11.3 Å². The Hall–Kier alpha value is -3.82. The second-order valence-corrected chi connectivity index (χ2v) is 9.28. The number of sulfonamides is 1. The Balaban J connectivity index is 1.60. The van der Waals surface area contributed by atoms with Gasteiger partial charge in [0.1, 0.15) is 4.90 Å². The van der Waals surface area contributed by atoms with Gasteiger partial charge >= 0.3 is 0 Å². The Labute approximate surface area is 185 Å². The Kier molecular flexibility index (Phi) is 5.04. The van der Waals surface area contributed by atoms with Crippen molar-refractivity contribution in [3.05, 3.63) is 90.6 Å². The number of carbonyl (C=O) groups is 1. The molecule has 0 radical (unpaired) electrons. The number of pyridine rings is 2. The summed E-state index contributed by atoms with van der Waals surface area (Å²) in [4.78, 5) is 24.5. The minimum atomic E-state index is -3.87. The van der Waals surface area contributed by atoms with E-state index < -0.39 is 10.0 Å². The van der Waals surface area contributed by atoms with Gasteiger partial charge in [0, 0.05) is 41.7 Å². The number of H-pyrrole nitrogens is 1. The monoisotopic (exact) mass is 445 g/mol. The van der Waals surface area contributed by atoms with Crippen LogP contribution in [0.1, 0.15) is 16.1 Å². The van der Waals surface area contributed by atoms with Crippen molar-refractivity contribution in [3.8, 4) is 11.3 Å². The van der Waals surface area contributed by atoms with Gasteiger partial charge in [-0.15, -0.1) is 0 Å². The first-order chi connectivity index (χ1) is 15.5. The summed E-state index contributed by atoms with van der Waals surface area (Å²) in [5.74, 6) is -0.284. The summed E-state index contributed by atoms with van der Waals surface area (Å²) in [6, 6.07) is 16.2. The Morgan fingerprint density at radius 3 is 2.41 bits per heavy atom. The fraction of sp³-hybridized carbons (Fsp3) is 0.0870. The number of rotatable bonds is 5. The second-order valence-electron chi connectivity index (χ2n) is 7.34. The van der Waals surface area contributed by atoms with Crippen molar-refractivity contribution in [1.29, 1.82) is 0 Å². The van der Waals surface area contributed by atoms with Crippen LogP contribution >= 0.6 is 0 Å². The van der Waals surface area contributed by atoms with Crippen LogP contribution in [0.2, 0.25) is 0 Å². The third kappa shape index (κ3) is 3.57. The molecule has 0 bridgehead atoms. The SMILES string of the molecule is O=C1CN(S(=O)(=O)c2cccnc2)Cc2[nH]c(-c3ccncc3)c(Nc3ccccc3)c21. The number of aromatic amines is 1. The van der Waals surface area contributed by atoms with E-state index in [0.29, 0.717) is 22.6 Å². The first-order valence-corrected chi connectivity index (χ1v) is 11.4. The molecule has 2 N–H and O–H groups in total. The van der Waals surface area contributed by atoms with Gasteiger partial charge in [0.05, 0.1) is 30.0 Å². The number of anilines is 2. The van der Waals surface area contributed by atoms with E-state index in [2.05, 4.69) is 20.3 Å². The van der Waals surface area contributed by atoms with Gasteiger partial charge in [0.2, 0.25) is 10.0 Å². The molecule has 0 atom stereocenters. The van der Waals surface area contributed by atoms with Crippen LogP contribution in [0.25, 0.3) is 11.3 Å². The number of nitrogens with zero attached hydrogens (tertiary/aromatic N) is 3. The highest BCUT2D eigenvalue weighted by Gasteiger charge is 2.36. The van der Waals surface area contributed by atoms with Crippen LogP contribution in [0, 0.1) is 0 Å². The highest BCUT2D eigenvalue weighted by atomic mass is 32.2. The molecule has 1 aliphatic rings. The molecule has 5 rings (SSSR count). The summed E-state index contributed by atoms with van der Waals surface area (Å²) in [6.07, 6.45) is 6.13. The van der Waals surface area contributed by atoms with Crippen LogP contribution in [-0.2, 0) is 16.6 Å². The van der Waals surface area contributed by atoms with Crippen molar-refractivity contribution in [1.82, 2.24) is 19.3 Å². The molecule has 8 nitrogen and oxygen atoms in total. The van der Waals surface area contributed by atoms with Crippen LogP contribution in [0.15, 0.2) is 84.3 Å². The maximum absolute atomic E-state index is 13.2. The average molecular weight is 446 g/mol. The van der Waals surface area contributed by atoms with E-state index >= 15 is 0 Å². The van der Waals surface area contributed by atoms with Crippen LogP contribution in [-0.4, -0.2) is 40.0 Å². The molecular weight excluding hydrogens is 426 g/mol. The summed E-state index contributed by atoms with van der Waals surface area (Å²) in [5, 5.41) is 3.34. The van der Waals surface area contributed by atoms with Crippen molar-refractivity contribution in [2.75, 3.05) is 11.9 Å². The molecule has 0 spiro atoms. The van der Waals surface area contributed by atoms with Crippen molar-refractivity contribution in [3.63, 3.8) is 0 Å². The Bertz CT molecular complexity index is 1370. The summed E-state index contributed by atoms with van der Waals surface area (Å²) in [5.41, 5.74) is 4.00.